The molecule has 0 radical (unpaired) electrons. The van der Waals surface area contributed by atoms with E-state index >= 15 is 0 Å². The maximum Gasteiger partial charge on any atom is 0.308 e. The highest BCUT2D eigenvalue weighted by Crippen LogP contribution is 2.14. The molecule has 0 aliphatic rings. The fourth-order valence-corrected chi connectivity index (χ4v) is 3.95. The number of hydrogen-bond donors (Lipinski definition) is 2. The Morgan fingerprint density at radius 1 is 1.24 bits per heavy atom. The Hall–Kier alpha value is -1.70. The second-order valence-electron chi connectivity index (χ2n) is 4.54. The lowest BCUT2D eigenvalue weighted by Gasteiger charge is -2.13. The Bertz CT molecular complexity index is 681. The molecular weight excluding hydrogens is 310 g/mol. The zero-order valence-corrected chi connectivity index (χ0v) is 12.7. The summed E-state index contributed by atoms with van der Waals surface area (Å²) in [6.07, 6.45) is 0.280. The van der Waals surface area contributed by atoms with Crippen molar-refractivity contribution in [2.45, 2.75) is 11.3 Å². The number of carbonyl (C=O) groups is 1. The van der Waals surface area contributed by atoms with Crippen molar-refractivity contribution in [2.24, 2.45) is 5.92 Å². The molecule has 2 rings (SSSR count). The van der Waals surface area contributed by atoms with Crippen LogP contribution in [0.25, 0.3) is 0 Å². The highest BCUT2D eigenvalue weighted by molar-refractivity contribution is 7.89. The van der Waals surface area contributed by atoms with Gasteiger partial charge in [-0.2, -0.15) is 11.3 Å². The molecule has 0 amide bonds. The largest absolute Gasteiger partial charge is 0.481 e. The van der Waals surface area contributed by atoms with Gasteiger partial charge in [-0.05, 0) is 23.4 Å². The smallest absolute Gasteiger partial charge is 0.308 e. The topological polar surface area (TPSA) is 83.5 Å². The third-order valence-corrected chi connectivity index (χ3v) is 5.25. The van der Waals surface area contributed by atoms with Gasteiger partial charge in [0.1, 0.15) is 0 Å². The molecule has 0 bridgehead atoms. The van der Waals surface area contributed by atoms with E-state index in [1.165, 1.54) is 22.8 Å². The molecule has 1 unspecified atom stereocenters. The second-order valence-corrected chi connectivity index (χ2v) is 7.08. The molecule has 21 heavy (non-hydrogen) atoms. The molecule has 0 spiro atoms. The number of thiophene rings is 1. The van der Waals surface area contributed by atoms with Crippen LogP contribution in [0.1, 0.15) is 5.56 Å². The summed E-state index contributed by atoms with van der Waals surface area (Å²) in [5.74, 6) is -1.83. The van der Waals surface area contributed by atoms with Crippen LogP contribution >= 0.6 is 11.3 Å². The van der Waals surface area contributed by atoms with Crippen LogP contribution in [0, 0.1) is 5.92 Å². The van der Waals surface area contributed by atoms with Gasteiger partial charge in [0.2, 0.25) is 10.0 Å². The normalized spacial score (nSPS) is 13.0. The monoisotopic (exact) mass is 325 g/mol. The number of aliphatic carboxylic acids is 1. The molecule has 0 saturated carbocycles. The van der Waals surface area contributed by atoms with Gasteiger partial charge in [0.15, 0.2) is 0 Å². The summed E-state index contributed by atoms with van der Waals surface area (Å²) in [4.78, 5) is 11.4. The van der Waals surface area contributed by atoms with Crippen molar-refractivity contribution in [2.75, 3.05) is 6.54 Å². The summed E-state index contributed by atoms with van der Waals surface area (Å²) in [5.41, 5.74) is 0.861. The van der Waals surface area contributed by atoms with Gasteiger partial charge < -0.3 is 5.11 Å². The van der Waals surface area contributed by atoms with E-state index in [0.717, 1.165) is 5.56 Å². The highest BCUT2D eigenvalue weighted by Gasteiger charge is 2.22. The zero-order chi connectivity index (χ0) is 15.3. The van der Waals surface area contributed by atoms with E-state index in [-0.39, 0.29) is 17.9 Å². The average Bonchev–Trinajstić information content (AvgIpc) is 2.99. The Morgan fingerprint density at radius 2 is 1.95 bits per heavy atom. The summed E-state index contributed by atoms with van der Waals surface area (Å²) in [6, 6.07) is 10.6. The Balaban J connectivity index is 2.03. The van der Waals surface area contributed by atoms with Gasteiger partial charge in [-0.25, -0.2) is 13.1 Å². The van der Waals surface area contributed by atoms with Gasteiger partial charge in [-0.15, -0.1) is 0 Å². The minimum Gasteiger partial charge on any atom is -0.481 e. The lowest BCUT2D eigenvalue weighted by atomic mass is 10.00. The third-order valence-electron chi connectivity index (χ3n) is 3.00. The van der Waals surface area contributed by atoms with E-state index in [1.54, 1.807) is 5.38 Å². The van der Waals surface area contributed by atoms with Crippen LogP contribution in [0.15, 0.2) is 52.1 Å². The predicted octanol–water partition coefficient (Wildman–Crippen LogP) is 1.97. The van der Waals surface area contributed by atoms with Crippen LogP contribution in [0.2, 0.25) is 0 Å². The number of rotatable bonds is 7. The molecule has 0 aliphatic heterocycles. The molecule has 1 heterocycles. The van der Waals surface area contributed by atoms with Crippen molar-refractivity contribution in [3.63, 3.8) is 0 Å². The molecular formula is C14H15NO4S2. The van der Waals surface area contributed by atoms with Crippen LogP contribution in [0.5, 0.6) is 0 Å². The number of benzene rings is 1. The van der Waals surface area contributed by atoms with Crippen molar-refractivity contribution in [3.05, 3.63) is 52.7 Å². The molecule has 0 saturated heterocycles. The summed E-state index contributed by atoms with van der Waals surface area (Å²) in [7, 11) is -3.64. The molecule has 0 fully saturated rings. The number of carboxylic acids is 1. The van der Waals surface area contributed by atoms with E-state index in [1.807, 2.05) is 30.3 Å². The first kappa shape index (κ1) is 15.7. The first-order valence-corrected chi connectivity index (χ1v) is 8.70. The van der Waals surface area contributed by atoms with Crippen LogP contribution in [-0.2, 0) is 21.2 Å². The quantitative estimate of drug-likeness (QED) is 0.815. The minimum absolute atomic E-state index is 0.137. The summed E-state index contributed by atoms with van der Waals surface area (Å²) in [6.45, 7) is -0.137. The standard InChI is InChI=1S/C14H15NO4S2/c16-14(17)12(8-11-4-2-1-3-5-11)9-15-21(18,19)13-6-7-20-10-13/h1-7,10,12,15H,8-9H2,(H,16,17). The number of hydrogen-bond acceptors (Lipinski definition) is 4. The summed E-state index contributed by atoms with van der Waals surface area (Å²) >= 11 is 1.27. The summed E-state index contributed by atoms with van der Waals surface area (Å²) in [5, 5.41) is 12.4. The van der Waals surface area contributed by atoms with E-state index in [4.69, 9.17) is 0 Å². The number of carboxylic acid groups (broad SMARTS) is 1. The maximum absolute atomic E-state index is 12.0. The fraction of sp³-hybridized carbons (Fsp3) is 0.214. The first-order chi connectivity index (χ1) is 9.99. The Kier molecular flexibility index (Phi) is 5.11. The van der Waals surface area contributed by atoms with E-state index < -0.39 is 21.9 Å². The van der Waals surface area contributed by atoms with Crippen molar-refractivity contribution >= 4 is 27.3 Å². The van der Waals surface area contributed by atoms with Gasteiger partial charge in [0, 0.05) is 11.9 Å². The lowest BCUT2D eigenvalue weighted by Crippen LogP contribution is -2.34. The van der Waals surface area contributed by atoms with Gasteiger partial charge in [0.05, 0.1) is 10.8 Å². The molecule has 5 nitrogen and oxygen atoms in total. The van der Waals surface area contributed by atoms with Crippen LogP contribution in [-0.4, -0.2) is 26.0 Å². The van der Waals surface area contributed by atoms with Crippen molar-refractivity contribution in [3.8, 4) is 0 Å². The van der Waals surface area contributed by atoms with Gasteiger partial charge in [0.25, 0.3) is 0 Å². The molecule has 1 aromatic carbocycles. The minimum atomic E-state index is -3.64. The summed E-state index contributed by atoms with van der Waals surface area (Å²) < 4.78 is 26.3. The van der Waals surface area contributed by atoms with Crippen LogP contribution in [0.3, 0.4) is 0 Å². The maximum atomic E-state index is 12.0. The first-order valence-electron chi connectivity index (χ1n) is 6.27. The Labute approximate surface area is 127 Å². The van der Waals surface area contributed by atoms with Crippen LogP contribution in [0.4, 0.5) is 0 Å². The third kappa shape index (κ3) is 4.38. The zero-order valence-electron chi connectivity index (χ0n) is 11.1. The molecule has 7 heteroatoms. The SMILES string of the molecule is O=C(O)C(CNS(=O)(=O)c1ccsc1)Cc1ccccc1. The lowest BCUT2D eigenvalue weighted by molar-refractivity contribution is -0.141. The van der Waals surface area contributed by atoms with Crippen molar-refractivity contribution in [1.29, 1.82) is 0 Å². The average molecular weight is 325 g/mol. The van der Waals surface area contributed by atoms with Gasteiger partial charge in [-0.3, -0.25) is 4.79 Å². The van der Waals surface area contributed by atoms with Gasteiger partial charge in [-0.1, -0.05) is 30.3 Å². The molecule has 0 aliphatic carbocycles. The number of sulfonamides is 1. The molecule has 2 aromatic rings. The molecule has 112 valence electrons. The van der Waals surface area contributed by atoms with Crippen molar-refractivity contribution < 1.29 is 18.3 Å². The van der Waals surface area contributed by atoms with Crippen LogP contribution < -0.4 is 4.72 Å². The molecule has 2 N–H and O–H groups in total. The van der Waals surface area contributed by atoms with E-state index in [0.29, 0.717) is 0 Å². The molecule has 1 atom stereocenters. The highest BCUT2D eigenvalue weighted by atomic mass is 32.2. The number of nitrogens with one attached hydrogen (secondary N) is 1. The van der Waals surface area contributed by atoms with E-state index in [2.05, 4.69) is 4.72 Å². The van der Waals surface area contributed by atoms with Crippen molar-refractivity contribution in [1.82, 2.24) is 4.72 Å². The van der Waals surface area contributed by atoms with E-state index in [9.17, 15) is 18.3 Å². The predicted molar refractivity (Wildman–Crippen MR) is 80.8 cm³/mol. The second kappa shape index (κ2) is 6.84. The fourth-order valence-electron chi connectivity index (χ4n) is 1.84. The molecule has 1 aromatic heterocycles. The Morgan fingerprint density at radius 3 is 2.52 bits per heavy atom. The van der Waals surface area contributed by atoms with Gasteiger partial charge >= 0.3 is 5.97 Å².